The van der Waals surface area contributed by atoms with Crippen LogP contribution in [0.4, 0.5) is 5.69 Å². The molecule has 2 aliphatic heterocycles. The lowest BCUT2D eigenvalue weighted by Gasteiger charge is -2.34. The van der Waals surface area contributed by atoms with E-state index in [-0.39, 0.29) is 5.79 Å². The summed E-state index contributed by atoms with van der Waals surface area (Å²) in [5, 5.41) is 14.8. The maximum absolute atomic E-state index is 6.10. The van der Waals surface area contributed by atoms with E-state index in [0.717, 1.165) is 46.9 Å². The quantitative estimate of drug-likeness (QED) is 0.776. The third kappa shape index (κ3) is 3.56. The monoisotopic (exact) mass is 408 g/mol. The zero-order chi connectivity index (χ0) is 18.3. The Morgan fingerprint density at radius 1 is 1.15 bits per heavy atom. The van der Waals surface area contributed by atoms with E-state index >= 15 is 0 Å². The Morgan fingerprint density at radius 3 is 2.63 bits per heavy atom. The van der Waals surface area contributed by atoms with Crippen LogP contribution in [0.25, 0.3) is 10.6 Å². The molecule has 9 heteroatoms. The number of hydrogen-bond acceptors (Lipinski definition) is 8. The molecule has 2 saturated heterocycles. The van der Waals surface area contributed by atoms with Gasteiger partial charge < -0.3 is 19.5 Å². The fraction of sp³-hybridized carbons (Fsp3) is 0.611. The summed E-state index contributed by atoms with van der Waals surface area (Å²) in [4.78, 5) is 4.24. The van der Waals surface area contributed by atoms with Crippen LogP contribution < -0.4 is 5.32 Å². The van der Waals surface area contributed by atoms with Gasteiger partial charge in [0.05, 0.1) is 38.0 Å². The molecule has 1 saturated carbocycles. The molecule has 0 aromatic carbocycles. The van der Waals surface area contributed by atoms with Gasteiger partial charge in [-0.1, -0.05) is 22.9 Å². The van der Waals surface area contributed by atoms with Gasteiger partial charge in [0.15, 0.2) is 10.8 Å². The van der Waals surface area contributed by atoms with Crippen LogP contribution in [0.3, 0.4) is 0 Å². The van der Waals surface area contributed by atoms with Gasteiger partial charge in [0.25, 0.3) is 0 Å². The van der Waals surface area contributed by atoms with Gasteiger partial charge in [-0.25, -0.2) is 4.98 Å². The molecule has 27 heavy (non-hydrogen) atoms. The second-order valence-electron chi connectivity index (χ2n) is 7.26. The number of nitrogens with one attached hydrogen (secondary N) is 1. The summed E-state index contributed by atoms with van der Waals surface area (Å²) in [7, 11) is 0. The molecule has 4 heterocycles. The first-order valence-corrected chi connectivity index (χ1v) is 10.5. The summed E-state index contributed by atoms with van der Waals surface area (Å²) in [6, 6.07) is 2.14. The van der Waals surface area contributed by atoms with Crippen LogP contribution >= 0.6 is 22.9 Å². The van der Waals surface area contributed by atoms with Crippen molar-refractivity contribution in [3.8, 4) is 10.6 Å². The summed E-state index contributed by atoms with van der Waals surface area (Å²) in [5.41, 5.74) is 1.87. The first-order chi connectivity index (χ1) is 13.2. The molecular formula is C18H21ClN4O3S. The van der Waals surface area contributed by atoms with Crippen molar-refractivity contribution in [3.05, 3.63) is 22.4 Å². The minimum Gasteiger partial charge on any atom is -0.377 e. The fourth-order valence-corrected chi connectivity index (χ4v) is 5.05. The maximum atomic E-state index is 6.10. The molecule has 0 amide bonds. The average Bonchev–Trinajstić information content (AvgIpc) is 3.30. The van der Waals surface area contributed by atoms with Gasteiger partial charge in [-0.3, -0.25) is 0 Å². The van der Waals surface area contributed by atoms with Gasteiger partial charge in [-0.15, -0.1) is 10.2 Å². The number of pyridine rings is 1. The number of aromatic nitrogens is 3. The standard InChI is InChI=1S/C18H21ClN4O3S/c19-15-7-14(21-12-9-24-10-12)13(8-20-15)17-23-22-16(27-17)11-1-3-18(4-2-11)25-5-6-26-18/h7-8,11-12H,1-6,9-10H2,(H,20,21). The molecule has 1 spiro atoms. The lowest BCUT2D eigenvalue weighted by atomic mass is 9.85. The van der Waals surface area contributed by atoms with E-state index in [4.69, 9.17) is 25.8 Å². The molecule has 3 fully saturated rings. The Labute approximate surface area is 166 Å². The number of hydrogen-bond donors (Lipinski definition) is 1. The zero-order valence-electron chi connectivity index (χ0n) is 14.8. The lowest BCUT2D eigenvalue weighted by Crippen LogP contribution is -2.40. The average molecular weight is 409 g/mol. The molecule has 2 aromatic rings. The molecule has 7 nitrogen and oxygen atoms in total. The van der Waals surface area contributed by atoms with Gasteiger partial charge in [0, 0.05) is 30.6 Å². The van der Waals surface area contributed by atoms with Gasteiger partial charge in [-0.2, -0.15) is 0 Å². The first-order valence-electron chi connectivity index (χ1n) is 9.32. The van der Waals surface area contributed by atoms with Gasteiger partial charge in [0.2, 0.25) is 0 Å². The Kier molecular flexibility index (Phi) is 4.77. The number of anilines is 1. The first kappa shape index (κ1) is 17.8. The van der Waals surface area contributed by atoms with Crippen molar-refractivity contribution in [2.24, 2.45) is 0 Å². The summed E-state index contributed by atoms with van der Waals surface area (Å²) < 4.78 is 16.9. The van der Waals surface area contributed by atoms with E-state index in [0.29, 0.717) is 43.5 Å². The molecule has 1 aliphatic carbocycles. The van der Waals surface area contributed by atoms with Crippen LogP contribution in [0.1, 0.15) is 36.6 Å². The molecule has 3 aliphatic rings. The SMILES string of the molecule is Clc1cc(NC2COC2)c(-c2nnc(C3CCC4(CC3)OCCO4)s2)cn1. The fourth-order valence-electron chi connectivity index (χ4n) is 3.86. The van der Waals surface area contributed by atoms with Crippen molar-refractivity contribution in [3.63, 3.8) is 0 Å². The minimum absolute atomic E-state index is 0.301. The summed E-state index contributed by atoms with van der Waals surface area (Å²) in [6.07, 6.45) is 5.63. The van der Waals surface area contributed by atoms with Crippen molar-refractivity contribution in [1.82, 2.24) is 15.2 Å². The predicted octanol–water partition coefficient (Wildman–Crippen LogP) is 3.46. The highest BCUT2D eigenvalue weighted by Gasteiger charge is 2.41. The van der Waals surface area contributed by atoms with Gasteiger partial charge >= 0.3 is 0 Å². The predicted molar refractivity (Wildman–Crippen MR) is 102 cm³/mol. The summed E-state index contributed by atoms with van der Waals surface area (Å²) in [5.74, 6) is 0.0675. The Bertz CT molecular complexity index is 813. The molecule has 0 unspecified atom stereocenters. The van der Waals surface area contributed by atoms with Crippen LogP contribution in [0.15, 0.2) is 12.3 Å². The van der Waals surface area contributed by atoms with Crippen LogP contribution in [0.2, 0.25) is 5.15 Å². The number of rotatable bonds is 4. The molecular weight excluding hydrogens is 388 g/mol. The van der Waals surface area contributed by atoms with Crippen molar-refractivity contribution in [1.29, 1.82) is 0 Å². The molecule has 5 rings (SSSR count). The highest BCUT2D eigenvalue weighted by Crippen LogP contribution is 2.44. The maximum Gasteiger partial charge on any atom is 0.168 e. The molecule has 144 valence electrons. The van der Waals surface area contributed by atoms with E-state index in [9.17, 15) is 0 Å². The largest absolute Gasteiger partial charge is 0.377 e. The van der Waals surface area contributed by atoms with Crippen LogP contribution in [-0.4, -0.2) is 53.4 Å². The molecule has 2 aromatic heterocycles. The summed E-state index contributed by atoms with van der Waals surface area (Å²) in [6.45, 7) is 2.82. The van der Waals surface area contributed by atoms with E-state index in [1.165, 1.54) is 0 Å². The van der Waals surface area contributed by atoms with E-state index in [1.807, 2.05) is 6.07 Å². The van der Waals surface area contributed by atoms with E-state index in [2.05, 4.69) is 20.5 Å². The summed E-state index contributed by atoms with van der Waals surface area (Å²) >= 11 is 7.73. The van der Waals surface area contributed by atoms with Crippen molar-refractivity contribution in [2.75, 3.05) is 31.7 Å². The molecule has 1 N–H and O–H groups in total. The van der Waals surface area contributed by atoms with Crippen molar-refractivity contribution in [2.45, 2.75) is 43.4 Å². The van der Waals surface area contributed by atoms with Crippen LogP contribution in [-0.2, 0) is 14.2 Å². The topological polar surface area (TPSA) is 78.4 Å². The highest BCUT2D eigenvalue weighted by molar-refractivity contribution is 7.14. The van der Waals surface area contributed by atoms with E-state index in [1.54, 1.807) is 17.5 Å². The third-order valence-corrected chi connectivity index (χ3v) is 6.78. The molecule has 0 atom stereocenters. The van der Waals surface area contributed by atoms with Crippen LogP contribution in [0.5, 0.6) is 0 Å². The zero-order valence-corrected chi connectivity index (χ0v) is 16.4. The third-order valence-electron chi connectivity index (χ3n) is 5.45. The highest BCUT2D eigenvalue weighted by atomic mass is 35.5. The number of ether oxygens (including phenoxy) is 3. The lowest BCUT2D eigenvalue weighted by molar-refractivity contribution is -0.178. The number of nitrogens with zero attached hydrogens (tertiary/aromatic N) is 3. The second kappa shape index (κ2) is 7.25. The van der Waals surface area contributed by atoms with Gasteiger partial charge in [0.1, 0.15) is 10.2 Å². The van der Waals surface area contributed by atoms with Gasteiger partial charge in [-0.05, 0) is 18.9 Å². The van der Waals surface area contributed by atoms with Crippen LogP contribution in [0, 0.1) is 0 Å². The normalized spacial score (nSPS) is 22.9. The second-order valence-corrected chi connectivity index (χ2v) is 8.66. The Balaban J connectivity index is 1.33. The minimum atomic E-state index is -0.341. The Morgan fingerprint density at radius 2 is 1.93 bits per heavy atom. The molecule has 0 radical (unpaired) electrons. The smallest absolute Gasteiger partial charge is 0.168 e. The van der Waals surface area contributed by atoms with Crippen molar-refractivity contribution >= 4 is 28.6 Å². The van der Waals surface area contributed by atoms with Crippen molar-refractivity contribution < 1.29 is 14.2 Å². The Hall–Kier alpha value is -1.32. The number of halogens is 1. The van der Waals surface area contributed by atoms with E-state index < -0.39 is 0 Å². The molecule has 0 bridgehead atoms.